The van der Waals surface area contributed by atoms with Crippen molar-refractivity contribution in [1.29, 1.82) is 0 Å². The van der Waals surface area contributed by atoms with E-state index in [0.29, 0.717) is 19.3 Å². The second-order valence-electron chi connectivity index (χ2n) is 18.2. The molecule has 0 aliphatic carbocycles. The summed E-state index contributed by atoms with van der Waals surface area (Å²) in [5, 5.41) is 0. The summed E-state index contributed by atoms with van der Waals surface area (Å²) in [4.78, 5) is 38.0. The maximum absolute atomic E-state index is 12.8. The van der Waals surface area contributed by atoms with Crippen LogP contribution in [-0.2, 0) is 28.6 Å². The van der Waals surface area contributed by atoms with Crippen LogP contribution >= 0.6 is 0 Å². The first kappa shape index (κ1) is 60.4. The second-order valence-corrected chi connectivity index (χ2v) is 18.2. The van der Waals surface area contributed by atoms with Gasteiger partial charge in [-0.15, -0.1) is 0 Å². The Bertz CT molecular complexity index is 1110. The van der Waals surface area contributed by atoms with Crippen molar-refractivity contribution in [2.24, 2.45) is 0 Å². The van der Waals surface area contributed by atoms with Crippen molar-refractivity contribution in [2.45, 2.75) is 284 Å². The lowest BCUT2D eigenvalue weighted by molar-refractivity contribution is -0.167. The van der Waals surface area contributed by atoms with E-state index in [1.807, 2.05) is 0 Å². The van der Waals surface area contributed by atoms with E-state index in [9.17, 15) is 14.4 Å². The molecule has 0 N–H and O–H groups in total. The van der Waals surface area contributed by atoms with Gasteiger partial charge in [0.25, 0.3) is 0 Å². The zero-order valence-corrected chi connectivity index (χ0v) is 41.8. The van der Waals surface area contributed by atoms with E-state index in [1.165, 1.54) is 135 Å². The lowest BCUT2D eigenvalue weighted by Crippen LogP contribution is -2.30. The van der Waals surface area contributed by atoms with Crippen molar-refractivity contribution in [3.63, 3.8) is 0 Å². The molecule has 0 aromatic carbocycles. The summed E-state index contributed by atoms with van der Waals surface area (Å²) in [6.45, 7) is 6.60. The van der Waals surface area contributed by atoms with Crippen LogP contribution in [-0.4, -0.2) is 37.2 Å². The molecule has 1 unspecified atom stereocenters. The van der Waals surface area contributed by atoms with E-state index >= 15 is 0 Å². The van der Waals surface area contributed by atoms with E-state index in [1.54, 1.807) is 0 Å². The molecule has 1 atom stereocenters. The average Bonchev–Trinajstić information content (AvgIpc) is 3.28. The third kappa shape index (κ3) is 50.2. The Morgan fingerprint density at radius 2 is 0.571 bits per heavy atom. The minimum Gasteiger partial charge on any atom is -0.462 e. The number of esters is 3. The van der Waals surface area contributed by atoms with Gasteiger partial charge in [-0.1, -0.05) is 211 Å². The highest BCUT2D eigenvalue weighted by Gasteiger charge is 2.19. The smallest absolute Gasteiger partial charge is 0.306 e. The van der Waals surface area contributed by atoms with Crippen LogP contribution in [0.25, 0.3) is 0 Å². The van der Waals surface area contributed by atoms with Crippen molar-refractivity contribution in [1.82, 2.24) is 0 Å². The van der Waals surface area contributed by atoms with Gasteiger partial charge in [-0.25, -0.2) is 0 Å². The number of carbonyl (C=O) groups is 3. The van der Waals surface area contributed by atoms with Gasteiger partial charge in [-0.3, -0.25) is 14.4 Å². The fourth-order valence-electron chi connectivity index (χ4n) is 7.66. The minimum atomic E-state index is -0.792. The van der Waals surface area contributed by atoms with Gasteiger partial charge >= 0.3 is 17.9 Å². The first-order chi connectivity index (χ1) is 31.0. The standard InChI is InChI=1S/C57H102O6/c1-4-7-10-13-16-19-22-25-27-28-29-30-33-35-38-41-44-47-50-56(59)62-53-54(52-61-55(58)49-46-43-40-37-34-31-24-21-18-15-12-9-6-3)63-57(60)51-48-45-42-39-36-32-26-23-20-17-14-11-8-5-2/h27-32,34,36,54H,4-26,33,35,37-53H2,1-3H3/b28-27-,30-29-,34-31-,36-32-. The van der Waals surface area contributed by atoms with E-state index < -0.39 is 6.10 Å². The van der Waals surface area contributed by atoms with Crippen LogP contribution in [0.5, 0.6) is 0 Å². The molecule has 0 heterocycles. The number of hydrogen-bond acceptors (Lipinski definition) is 6. The summed E-state index contributed by atoms with van der Waals surface area (Å²) in [6, 6.07) is 0. The first-order valence-corrected chi connectivity index (χ1v) is 27.2. The summed E-state index contributed by atoms with van der Waals surface area (Å²) in [5.41, 5.74) is 0. The number of allylic oxidation sites excluding steroid dienone is 8. The number of ether oxygens (including phenoxy) is 3. The zero-order chi connectivity index (χ0) is 45.8. The molecule has 0 fully saturated rings. The molecule has 0 rings (SSSR count). The number of unbranched alkanes of at least 4 members (excludes halogenated alkanes) is 31. The molecular weight excluding hydrogens is 781 g/mol. The van der Waals surface area contributed by atoms with Crippen LogP contribution in [0.2, 0.25) is 0 Å². The van der Waals surface area contributed by atoms with Gasteiger partial charge < -0.3 is 14.2 Å². The lowest BCUT2D eigenvalue weighted by Gasteiger charge is -2.18. The highest BCUT2D eigenvalue weighted by molar-refractivity contribution is 5.71. The Labute approximate surface area is 390 Å². The molecule has 6 nitrogen and oxygen atoms in total. The molecule has 0 aliphatic rings. The van der Waals surface area contributed by atoms with E-state index in [-0.39, 0.29) is 31.1 Å². The van der Waals surface area contributed by atoms with Crippen LogP contribution in [0.3, 0.4) is 0 Å². The Morgan fingerprint density at radius 1 is 0.317 bits per heavy atom. The Balaban J connectivity index is 4.41. The SMILES string of the molecule is CCCCCCCC/C=C\CCCCCC(=O)OCC(COC(=O)CCCCCCC/C=C\C=C/CCCCCCCCC)OC(=O)CCCCC/C=C\CCCCCCCCC. The van der Waals surface area contributed by atoms with Crippen LogP contribution in [0.4, 0.5) is 0 Å². The molecule has 0 saturated heterocycles. The number of hydrogen-bond donors (Lipinski definition) is 0. The molecule has 6 heteroatoms. The lowest BCUT2D eigenvalue weighted by atomic mass is 10.1. The van der Waals surface area contributed by atoms with Gasteiger partial charge in [0.1, 0.15) is 13.2 Å². The monoisotopic (exact) mass is 883 g/mol. The highest BCUT2D eigenvalue weighted by atomic mass is 16.6. The largest absolute Gasteiger partial charge is 0.462 e. The molecule has 0 aromatic rings. The van der Waals surface area contributed by atoms with Crippen molar-refractivity contribution >= 4 is 17.9 Å². The van der Waals surface area contributed by atoms with Crippen molar-refractivity contribution < 1.29 is 28.6 Å². The summed E-state index contributed by atoms with van der Waals surface area (Å²) in [7, 11) is 0. The molecule has 0 bridgehead atoms. The summed E-state index contributed by atoms with van der Waals surface area (Å²) in [6.07, 6.45) is 62.4. The van der Waals surface area contributed by atoms with Crippen LogP contribution in [0.1, 0.15) is 278 Å². The van der Waals surface area contributed by atoms with Gasteiger partial charge in [0.15, 0.2) is 6.10 Å². The van der Waals surface area contributed by atoms with Gasteiger partial charge in [0.05, 0.1) is 0 Å². The fourth-order valence-corrected chi connectivity index (χ4v) is 7.66. The van der Waals surface area contributed by atoms with Crippen molar-refractivity contribution in [3.05, 3.63) is 48.6 Å². The topological polar surface area (TPSA) is 78.9 Å². The van der Waals surface area contributed by atoms with E-state index in [0.717, 1.165) is 103 Å². The molecule has 0 amide bonds. The zero-order valence-electron chi connectivity index (χ0n) is 41.8. The first-order valence-electron chi connectivity index (χ1n) is 27.2. The predicted molar refractivity (Wildman–Crippen MR) is 270 cm³/mol. The summed E-state index contributed by atoms with van der Waals surface area (Å²) < 4.78 is 16.8. The van der Waals surface area contributed by atoms with Gasteiger partial charge in [0.2, 0.25) is 0 Å². The van der Waals surface area contributed by atoms with Crippen molar-refractivity contribution in [3.8, 4) is 0 Å². The molecule has 63 heavy (non-hydrogen) atoms. The molecule has 0 radical (unpaired) electrons. The second kappa shape index (κ2) is 52.0. The molecule has 0 aliphatic heterocycles. The normalized spacial score (nSPS) is 12.4. The quantitative estimate of drug-likeness (QED) is 0.0199. The van der Waals surface area contributed by atoms with Gasteiger partial charge in [-0.2, -0.15) is 0 Å². The Kier molecular flexibility index (Phi) is 49.8. The predicted octanol–water partition coefficient (Wildman–Crippen LogP) is 17.9. The van der Waals surface area contributed by atoms with Crippen LogP contribution in [0.15, 0.2) is 48.6 Å². The maximum Gasteiger partial charge on any atom is 0.306 e. The third-order valence-electron chi connectivity index (χ3n) is 11.8. The van der Waals surface area contributed by atoms with Crippen LogP contribution < -0.4 is 0 Å². The van der Waals surface area contributed by atoms with Crippen LogP contribution in [0, 0.1) is 0 Å². The Morgan fingerprint density at radius 3 is 0.905 bits per heavy atom. The fraction of sp³-hybridized carbons (Fsp3) is 0.807. The Hall–Kier alpha value is -2.63. The highest BCUT2D eigenvalue weighted by Crippen LogP contribution is 2.14. The number of carbonyl (C=O) groups excluding carboxylic acids is 3. The van der Waals surface area contributed by atoms with Gasteiger partial charge in [-0.05, 0) is 96.3 Å². The third-order valence-corrected chi connectivity index (χ3v) is 11.8. The van der Waals surface area contributed by atoms with Gasteiger partial charge in [0, 0.05) is 19.3 Å². The maximum atomic E-state index is 12.8. The number of rotatable bonds is 49. The van der Waals surface area contributed by atoms with E-state index in [2.05, 4.69) is 69.4 Å². The molecular formula is C57H102O6. The molecule has 0 saturated carbocycles. The summed E-state index contributed by atoms with van der Waals surface area (Å²) in [5.74, 6) is -0.929. The van der Waals surface area contributed by atoms with Crippen molar-refractivity contribution in [2.75, 3.05) is 13.2 Å². The molecule has 0 spiro atoms. The molecule has 0 aromatic heterocycles. The minimum absolute atomic E-state index is 0.0910. The summed E-state index contributed by atoms with van der Waals surface area (Å²) >= 11 is 0. The average molecular weight is 883 g/mol. The molecule has 366 valence electrons. The van der Waals surface area contributed by atoms with E-state index in [4.69, 9.17) is 14.2 Å².